The Kier molecular flexibility index (Phi) is 4.98. The fourth-order valence-corrected chi connectivity index (χ4v) is 3.06. The summed E-state index contributed by atoms with van der Waals surface area (Å²) >= 11 is 5.81. The molecule has 0 saturated carbocycles. The SMILES string of the molecule is CC(C)C(C)NS(=O)(=O)Cc1cccc(Cl)c1. The molecule has 0 aliphatic rings. The van der Waals surface area contributed by atoms with Gasteiger partial charge in [0.2, 0.25) is 10.0 Å². The topological polar surface area (TPSA) is 46.2 Å². The second kappa shape index (κ2) is 5.85. The van der Waals surface area contributed by atoms with Crippen LogP contribution in [0.15, 0.2) is 24.3 Å². The van der Waals surface area contributed by atoms with E-state index in [1.165, 1.54) is 0 Å². The predicted octanol–water partition coefficient (Wildman–Crippen LogP) is 2.80. The van der Waals surface area contributed by atoms with Gasteiger partial charge >= 0.3 is 0 Å². The Morgan fingerprint density at radius 3 is 2.47 bits per heavy atom. The number of rotatable bonds is 5. The summed E-state index contributed by atoms with van der Waals surface area (Å²) in [6, 6.07) is 6.83. The van der Waals surface area contributed by atoms with Gasteiger partial charge < -0.3 is 0 Å². The molecule has 1 N–H and O–H groups in total. The molecule has 0 spiro atoms. The highest BCUT2D eigenvalue weighted by Gasteiger charge is 2.17. The van der Waals surface area contributed by atoms with Crippen LogP contribution in [0.1, 0.15) is 26.3 Å². The largest absolute Gasteiger partial charge is 0.216 e. The number of hydrogen-bond donors (Lipinski definition) is 1. The van der Waals surface area contributed by atoms with Crippen LogP contribution >= 0.6 is 11.6 Å². The number of nitrogens with one attached hydrogen (secondary N) is 1. The molecule has 5 heteroatoms. The maximum atomic E-state index is 11.9. The van der Waals surface area contributed by atoms with E-state index in [0.29, 0.717) is 10.6 Å². The van der Waals surface area contributed by atoms with Gasteiger partial charge in [0.05, 0.1) is 5.75 Å². The van der Waals surface area contributed by atoms with Crippen molar-refractivity contribution in [2.24, 2.45) is 5.92 Å². The summed E-state index contributed by atoms with van der Waals surface area (Å²) in [5, 5.41) is 0.551. The van der Waals surface area contributed by atoms with Crippen LogP contribution in [-0.2, 0) is 15.8 Å². The molecule has 1 unspecified atom stereocenters. The minimum atomic E-state index is -3.30. The molecule has 0 fully saturated rings. The summed E-state index contributed by atoms with van der Waals surface area (Å²) in [4.78, 5) is 0. The second-order valence-corrected chi connectivity index (χ2v) is 6.73. The van der Waals surface area contributed by atoms with Crippen molar-refractivity contribution in [3.05, 3.63) is 34.9 Å². The second-order valence-electron chi connectivity index (χ2n) is 4.54. The third-order valence-corrected chi connectivity index (χ3v) is 4.29. The van der Waals surface area contributed by atoms with Gasteiger partial charge in [-0.2, -0.15) is 0 Å². The summed E-state index contributed by atoms with van der Waals surface area (Å²) < 4.78 is 26.4. The van der Waals surface area contributed by atoms with Crippen molar-refractivity contribution in [1.82, 2.24) is 4.72 Å². The first-order chi connectivity index (χ1) is 7.80. The Bertz CT molecular complexity index is 471. The number of benzene rings is 1. The van der Waals surface area contributed by atoms with E-state index in [2.05, 4.69) is 4.72 Å². The third kappa shape index (κ3) is 5.06. The highest BCUT2D eigenvalue weighted by Crippen LogP contribution is 2.13. The van der Waals surface area contributed by atoms with Gasteiger partial charge in [0.15, 0.2) is 0 Å². The molecule has 3 nitrogen and oxygen atoms in total. The zero-order valence-electron chi connectivity index (χ0n) is 10.3. The number of sulfonamides is 1. The number of hydrogen-bond acceptors (Lipinski definition) is 2. The maximum absolute atomic E-state index is 11.9. The molecule has 0 aliphatic carbocycles. The van der Waals surface area contributed by atoms with Crippen LogP contribution in [0, 0.1) is 5.92 Å². The molecule has 1 aromatic rings. The van der Waals surface area contributed by atoms with Gasteiger partial charge in [-0.15, -0.1) is 0 Å². The summed E-state index contributed by atoms with van der Waals surface area (Å²) in [6.45, 7) is 5.82. The Hall–Kier alpha value is -0.580. The van der Waals surface area contributed by atoms with Crippen LogP contribution < -0.4 is 4.72 Å². The predicted molar refractivity (Wildman–Crippen MR) is 71.5 cm³/mol. The van der Waals surface area contributed by atoms with Crippen molar-refractivity contribution in [2.45, 2.75) is 32.6 Å². The standard InChI is InChI=1S/C12H18ClNO2S/c1-9(2)10(3)14-17(15,16)8-11-5-4-6-12(13)7-11/h4-7,9-10,14H,8H2,1-3H3. The molecule has 96 valence electrons. The summed E-state index contributed by atoms with van der Waals surface area (Å²) in [5.41, 5.74) is 0.695. The Labute approximate surface area is 108 Å². The molecule has 0 bridgehead atoms. The van der Waals surface area contributed by atoms with Crippen LogP contribution in [0.3, 0.4) is 0 Å². The molecule has 0 aromatic heterocycles. The molecule has 0 heterocycles. The lowest BCUT2D eigenvalue weighted by Gasteiger charge is -2.17. The van der Waals surface area contributed by atoms with Gasteiger partial charge in [0, 0.05) is 11.1 Å². The van der Waals surface area contributed by atoms with Crippen LogP contribution in [0.5, 0.6) is 0 Å². The molecule has 0 saturated heterocycles. The minimum absolute atomic E-state index is 0.0371. The van der Waals surface area contributed by atoms with Crippen molar-refractivity contribution in [2.75, 3.05) is 0 Å². The minimum Gasteiger partial charge on any atom is -0.212 e. The van der Waals surface area contributed by atoms with Crippen molar-refractivity contribution in [3.8, 4) is 0 Å². The molecule has 0 radical (unpaired) electrons. The average molecular weight is 276 g/mol. The van der Waals surface area contributed by atoms with E-state index < -0.39 is 10.0 Å². The Morgan fingerprint density at radius 1 is 1.29 bits per heavy atom. The fourth-order valence-electron chi connectivity index (χ4n) is 1.31. The highest BCUT2D eigenvalue weighted by molar-refractivity contribution is 7.88. The smallest absolute Gasteiger partial charge is 0.212 e. The van der Waals surface area contributed by atoms with E-state index in [4.69, 9.17) is 11.6 Å². The van der Waals surface area contributed by atoms with E-state index in [9.17, 15) is 8.42 Å². The van der Waals surface area contributed by atoms with Crippen molar-refractivity contribution in [1.29, 1.82) is 0 Å². The molecule has 17 heavy (non-hydrogen) atoms. The average Bonchev–Trinajstić information content (AvgIpc) is 2.15. The van der Waals surface area contributed by atoms with Gasteiger partial charge in [-0.05, 0) is 30.5 Å². The lowest BCUT2D eigenvalue weighted by atomic mass is 10.1. The Morgan fingerprint density at radius 2 is 1.94 bits per heavy atom. The molecule has 0 amide bonds. The molecular weight excluding hydrogens is 258 g/mol. The van der Waals surface area contributed by atoms with E-state index in [-0.39, 0.29) is 17.7 Å². The van der Waals surface area contributed by atoms with E-state index in [1.807, 2.05) is 20.8 Å². The summed E-state index contributed by atoms with van der Waals surface area (Å²) in [6.07, 6.45) is 0. The van der Waals surface area contributed by atoms with Crippen molar-refractivity contribution < 1.29 is 8.42 Å². The van der Waals surface area contributed by atoms with Crippen molar-refractivity contribution >= 4 is 21.6 Å². The molecular formula is C12H18ClNO2S. The van der Waals surface area contributed by atoms with Gasteiger partial charge in [-0.25, -0.2) is 13.1 Å². The lowest BCUT2D eigenvalue weighted by molar-refractivity contribution is 0.476. The third-order valence-electron chi connectivity index (χ3n) is 2.61. The van der Waals surface area contributed by atoms with Crippen molar-refractivity contribution in [3.63, 3.8) is 0 Å². The quantitative estimate of drug-likeness (QED) is 0.898. The zero-order valence-corrected chi connectivity index (χ0v) is 11.8. The fraction of sp³-hybridized carbons (Fsp3) is 0.500. The molecule has 0 aliphatic heterocycles. The monoisotopic (exact) mass is 275 g/mol. The Balaban J connectivity index is 2.73. The zero-order chi connectivity index (χ0) is 13.1. The first-order valence-electron chi connectivity index (χ1n) is 5.54. The molecule has 1 atom stereocenters. The maximum Gasteiger partial charge on any atom is 0.216 e. The van der Waals surface area contributed by atoms with Gasteiger partial charge in [-0.3, -0.25) is 0 Å². The number of halogens is 1. The van der Waals surface area contributed by atoms with Gasteiger partial charge in [-0.1, -0.05) is 37.6 Å². The molecule has 1 rings (SSSR count). The first-order valence-corrected chi connectivity index (χ1v) is 7.57. The van der Waals surface area contributed by atoms with Crippen LogP contribution in [0.25, 0.3) is 0 Å². The van der Waals surface area contributed by atoms with Gasteiger partial charge in [0.25, 0.3) is 0 Å². The lowest BCUT2D eigenvalue weighted by Crippen LogP contribution is -2.36. The van der Waals surface area contributed by atoms with E-state index >= 15 is 0 Å². The first kappa shape index (κ1) is 14.5. The van der Waals surface area contributed by atoms with Crippen LogP contribution in [0.2, 0.25) is 5.02 Å². The van der Waals surface area contributed by atoms with E-state index in [0.717, 1.165) is 0 Å². The van der Waals surface area contributed by atoms with Gasteiger partial charge in [0.1, 0.15) is 0 Å². The summed E-state index contributed by atoms with van der Waals surface area (Å²) in [5.74, 6) is 0.231. The normalized spacial score (nSPS) is 13.9. The highest BCUT2D eigenvalue weighted by atomic mass is 35.5. The molecule has 1 aromatic carbocycles. The summed E-state index contributed by atoms with van der Waals surface area (Å²) in [7, 11) is -3.30. The van der Waals surface area contributed by atoms with E-state index in [1.54, 1.807) is 24.3 Å². The van der Waals surface area contributed by atoms with Crippen LogP contribution in [-0.4, -0.2) is 14.5 Å². The van der Waals surface area contributed by atoms with Crippen LogP contribution in [0.4, 0.5) is 0 Å².